The summed E-state index contributed by atoms with van der Waals surface area (Å²) in [5.74, 6) is 0. The molecule has 0 spiro atoms. The lowest BCUT2D eigenvalue weighted by Crippen LogP contribution is -2.08. The summed E-state index contributed by atoms with van der Waals surface area (Å²) in [7, 11) is 0. The Kier molecular flexibility index (Phi) is 4.15. The van der Waals surface area contributed by atoms with Gasteiger partial charge in [-0.05, 0) is 47.3 Å². The molecule has 1 aromatic carbocycles. The van der Waals surface area contributed by atoms with E-state index in [1.54, 1.807) is 11.3 Å². The predicted molar refractivity (Wildman–Crippen MR) is 90.8 cm³/mol. The van der Waals surface area contributed by atoms with E-state index in [4.69, 9.17) is 0 Å². The smallest absolute Gasteiger partial charge is 0.0937 e. The fourth-order valence-corrected chi connectivity index (χ4v) is 4.01. The zero-order chi connectivity index (χ0) is 15.0. The van der Waals surface area contributed by atoms with E-state index in [2.05, 4.69) is 46.2 Å². The normalized spacial score (nSPS) is 13.0. The van der Waals surface area contributed by atoms with Crippen molar-refractivity contribution in [3.63, 3.8) is 0 Å². The van der Waals surface area contributed by atoms with Crippen LogP contribution in [-0.4, -0.2) is 14.9 Å². The van der Waals surface area contributed by atoms with E-state index in [1.807, 2.05) is 23.7 Å². The Bertz CT molecular complexity index is 745. The Labute approximate surface area is 136 Å². The molecule has 2 heterocycles. The minimum absolute atomic E-state index is 0.500. The van der Waals surface area contributed by atoms with Crippen LogP contribution in [0.15, 0.2) is 34.8 Å². The van der Waals surface area contributed by atoms with Crippen LogP contribution in [-0.2, 0) is 13.0 Å². The maximum atomic E-state index is 10.6. The molecule has 21 heavy (non-hydrogen) atoms. The number of aliphatic hydroxyl groups excluding tert-OH is 1. The van der Waals surface area contributed by atoms with Crippen molar-refractivity contribution in [3.8, 4) is 0 Å². The molecular weight excluding hydrogens is 348 g/mol. The largest absolute Gasteiger partial charge is 0.387 e. The Morgan fingerprint density at radius 2 is 2.14 bits per heavy atom. The van der Waals surface area contributed by atoms with Gasteiger partial charge in [0.05, 0.1) is 22.0 Å². The first-order chi connectivity index (χ1) is 10.1. The maximum absolute atomic E-state index is 10.6. The number of aryl methyl sites for hydroxylation is 2. The van der Waals surface area contributed by atoms with E-state index < -0.39 is 6.10 Å². The maximum Gasteiger partial charge on any atom is 0.0937 e. The molecule has 0 aliphatic rings. The van der Waals surface area contributed by atoms with Crippen molar-refractivity contribution in [2.24, 2.45) is 0 Å². The lowest BCUT2D eigenvalue weighted by atomic mass is 10.1. The molecule has 3 nitrogen and oxygen atoms in total. The molecule has 1 unspecified atom stereocenters. The molecule has 0 radical (unpaired) electrons. The number of benzene rings is 1. The van der Waals surface area contributed by atoms with Crippen LogP contribution in [0.2, 0.25) is 0 Å². The molecule has 2 aromatic heterocycles. The molecule has 1 N–H and O–H groups in total. The summed E-state index contributed by atoms with van der Waals surface area (Å²) in [5, 5.41) is 16.2. The first-order valence-electron chi connectivity index (χ1n) is 6.98. The zero-order valence-electron chi connectivity index (χ0n) is 12.0. The average molecular weight is 365 g/mol. The standard InChI is InChI=1S/C16H17BrN2OS/c1-3-19-12(16(17)10(2)18-19)9-13(20)15-8-11-6-4-5-7-14(11)21-15/h4-8,13,20H,3,9H2,1-2H3. The molecule has 0 bridgehead atoms. The molecule has 0 amide bonds. The number of nitrogens with zero attached hydrogens (tertiary/aromatic N) is 2. The molecule has 0 aliphatic heterocycles. The topological polar surface area (TPSA) is 38.0 Å². The van der Waals surface area contributed by atoms with Gasteiger partial charge in [0.25, 0.3) is 0 Å². The number of aliphatic hydroxyl groups is 1. The molecule has 0 aliphatic carbocycles. The summed E-state index contributed by atoms with van der Waals surface area (Å²) < 4.78 is 4.17. The second kappa shape index (κ2) is 5.91. The predicted octanol–water partition coefficient (Wildman–Crippen LogP) is 4.46. The molecular formula is C16H17BrN2OS. The number of halogens is 1. The van der Waals surface area contributed by atoms with E-state index in [0.29, 0.717) is 6.42 Å². The van der Waals surface area contributed by atoms with Gasteiger partial charge in [-0.2, -0.15) is 5.10 Å². The second-order valence-electron chi connectivity index (χ2n) is 5.07. The number of aromatic nitrogens is 2. The van der Waals surface area contributed by atoms with E-state index in [1.165, 1.54) is 10.1 Å². The Morgan fingerprint density at radius 1 is 1.38 bits per heavy atom. The van der Waals surface area contributed by atoms with Crippen molar-refractivity contribution in [1.29, 1.82) is 0 Å². The van der Waals surface area contributed by atoms with Crippen molar-refractivity contribution in [1.82, 2.24) is 9.78 Å². The van der Waals surface area contributed by atoms with Gasteiger partial charge in [0.1, 0.15) is 0 Å². The van der Waals surface area contributed by atoms with Gasteiger partial charge in [0.15, 0.2) is 0 Å². The second-order valence-corrected chi connectivity index (χ2v) is 6.98. The summed E-state index contributed by atoms with van der Waals surface area (Å²) in [6, 6.07) is 10.3. The third-order valence-corrected chi connectivity index (χ3v) is 5.86. The van der Waals surface area contributed by atoms with Crippen molar-refractivity contribution < 1.29 is 5.11 Å². The van der Waals surface area contributed by atoms with Crippen LogP contribution in [0.5, 0.6) is 0 Å². The zero-order valence-corrected chi connectivity index (χ0v) is 14.4. The molecule has 110 valence electrons. The van der Waals surface area contributed by atoms with Crippen molar-refractivity contribution in [3.05, 3.63) is 51.1 Å². The van der Waals surface area contributed by atoms with Crippen LogP contribution in [0.1, 0.15) is 29.3 Å². The van der Waals surface area contributed by atoms with E-state index in [-0.39, 0.29) is 0 Å². The van der Waals surface area contributed by atoms with Gasteiger partial charge in [-0.1, -0.05) is 18.2 Å². The van der Waals surface area contributed by atoms with Crippen LogP contribution in [0, 0.1) is 6.92 Å². The van der Waals surface area contributed by atoms with Crippen LogP contribution in [0.25, 0.3) is 10.1 Å². The third kappa shape index (κ3) is 2.78. The first-order valence-corrected chi connectivity index (χ1v) is 8.59. The SMILES string of the molecule is CCn1nc(C)c(Br)c1CC(O)c1cc2ccccc2s1. The number of rotatable bonds is 4. The highest BCUT2D eigenvalue weighted by atomic mass is 79.9. The molecule has 0 saturated carbocycles. The average Bonchev–Trinajstić information content (AvgIpc) is 3.03. The fourth-order valence-electron chi connectivity index (χ4n) is 2.51. The summed E-state index contributed by atoms with van der Waals surface area (Å²) in [6.45, 7) is 4.85. The lowest BCUT2D eigenvalue weighted by Gasteiger charge is -2.10. The van der Waals surface area contributed by atoms with Gasteiger partial charge in [0.2, 0.25) is 0 Å². The first kappa shape index (κ1) is 14.8. The highest BCUT2D eigenvalue weighted by Gasteiger charge is 2.18. The minimum atomic E-state index is -0.500. The summed E-state index contributed by atoms with van der Waals surface area (Å²) >= 11 is 5.24. The van der Waals surface area contributed by atoms with E-state index in [9.17, 15) is 5.11 Å². The quantitative estimate of drug-likeness (QED) is 0.741. The third-order valence-electron chi connectivity index (χ3n) is 3.61. The molecule has 1 atom stereocenters. The van der Waals surface area contributed by atoms with Gasteiger partial charge in [-0.3, -0.25) is 4.68 Å². The monoisotopic (exact) mass is 364 g/mol. The minimum Gasteiger partial charge on any atom is -0.387 e. The number of thiophene rings is 1. The summed E-state index contributed by atoms with van der Waals surface area (Å²) in [6.07, 6.45) is 0.0716. The molecule has 3 rings (SSSR count). The molecule has 0 fully saturated rings. The van der Waals surface area contributed by atoms with Gasteiger partial charge >= 0.3 is 0 Å². The highest BCUT2D eigenvalue weighted by molar-refractivity contribution is 9.10. The fraction of sp³-hybridized carbons (Fsp3) is 0.312. The summed E-state index contributed by atoms with van der Waals surface area (Å²) in [5.41, 5.74) is 2.02. The van der Waals surface area contributed by atoms with Crippen LogP contribution >= 0.6 is 27.3 Å². The Morgan fingerprint density at radius 3 is 2.86 bits per heavy atom. The van der Waals surface area contributed by atoms with Gasteiger partial charge in [-0.15, -0.1) is 11.3 Å². The molecule has 3 aromatic rings. The summed E-state index contributed by atoms with van der Waals surface area (Å²) in [4.78, 5) is 1.00. The van der Waals surface area contributed by atoms with E-state index >= 15 is 0 Å². The van der Waals surface area contributed by atoms with Crippen molar-refractivity contribution in [2.75, 3.05) is 0 Å². The van der Waals surface area contributed by atoms with Crippen LogP contribution in [0.3, 0.4) is 0 Å². The van der Waals surface area contributed by atoms with Gasteiger partial charge < -0.3 is 5.11 Å². The van der Waals surface area contributed by atoms with Gasteiger partial charge in [-0.25, -0.2) is 0 Å². The molecule has 5 heteroatoms. The number of hydrogen-bond donors (Lipinski definition) is 1. The highest BCUT2D eigenvalue weighted by Crippen LogP contribution is 2.33. The Balaban J connectivity index is 1.91. The number of fused-ring (bicyclic) bond motifs is 1. The van der Waals surface area contributed by atoms with Crippen LogP contribution < -0.4 is 0 Å². The van der Waals surface area contributed by atoms with E-state index in [0.717, 1.165) is 27.3 Å². The molecule has 0 saturated heterocycles. The number of hydrogen-bond acceptors (Lipinski definition) is 3. The van der Waals surface area contributed by atoms with Crippen LogP contribution in [0.4, 0.5) is 0 Å². The lowest BCUT2D eigenvalue weighted by molar-refractivity contribution is 0.179. The van der Waals surface area contributed by atoms with Gasteiger partial charge in [0, 0.05) is 22.5 Å². The van der Waals surface area contributed by atoms with Crippen molar-refractivity contribution in [2.45, 2.75) is 32.9 Å². The van der Waals surface area contributed by atoms with Crippen molar-refractivity contribution >= 4 is 37.4 Å². The Hall–Kier alpha value is -1.17.